The van der Waals surface area contributed by atoms with Gasteiger partial charge >= 0.3 is 0 Å². The molecular formula is C12H17F2N. The molecule has 0 amide bonds. The van der Waals surface area contributed by atoms with Crippen LogP contribution in [0.1, 0.15) is 31.9 Å². The van der Waals surface area contributed by atoms with Gasteiger partial charge in [0.1, 0.15) is 0 Å². The van der Waals surface area contributed by atoms with Gasteiger partial charge in [0.05, 0.1) is 0 Å². The highest BCUT2D eigenvalue weighted by atomic mass is 19.3. The molecule has 84 valence electrons. The molecule has 0 saturated heterocycles. The van der Waals surface area contributed by atoms with E-state index in [1.165, 1.54) is 32.9 Å². The predicted molar refractivity (Wildman–Crippen MR) is 57.7 cm³/mol. The van der Waals surface area contributed by atoms with E-state index >= 15 is 0 Å². The molecule has 1 aromatic rings. The van der Waals surface area contributed by atoms with Crippen LogP contribution >= 0.6 is 0 Å². The minimum Gasteiger partial charge on any atom is -0.326 e. The maximum Gasteiger partial charge on any atom is 0.277 e. The van der Waals surface area contributed by atoms with Gasteiger partial charge in [-0.2, -0.15) is 0 Å². The van der Waals surface area contributed by atoms with Crippen LogP contribution in [-0.4, -0.2) is 0 Å². The number of hydrogen-bond acceptors (Lipinski definition) is 1. The van der Waals surface area contributed by atoms with Crippen molar-refractivity contribution < 1.29 is 8.78 Å². The molecule has 0 heterocycles. The van der Waals surface area contributed by atoms with Crippen molar-refractivity contribution in [3.05, 3.63) is 35.4 Å². The first kappa shape index (κ1) is 12.1. The van der Waals surface area contributed by atoms with Crippen LogP contribution in [0.4, 0.5) is 8.78 Å². The highest BCUT2D eigenvalue weighted by Crippen LogP contribution is 2.44. The van der Waals surface area contributed by atoms with E-state index < -0.39 is 11.3 Å². The van der Waals surface area contributed by atoms with Crippen LogP contribution in [0, 0.1) is 5.41 Å². The number of benzene rings is 1. The predicted octanol–water partition coefficient (Wildman–Crippen LogP) is 3.28. The van der Waals surface area contributed by atoms with Crippen LogP contribution < -0.4 is 5.73 Å². The van der Waals surface area contributed by atoms with Crippen molar-refractivity contribution in [2.24, 2.45) is 11.1 Å². The molecule has 0 bridgehead atoms. The molecule has 0 atom stereocenters. The summed E-state index contributed by atoms with van der Waals surface area (Å²) in [7, 11) is 0. The molecule has 0 fully saturated rings. The Morgan fingerprint density at radius 2 is 1.80 bits per heavy atom. The van der Waals surface area contributed by atoms with Crippen molar-refractivity contribution in [1.29, 1.82) is 0 Å². The molecule has 3 heteroatoms. The van der Waals surface area contributed by atoms with Crippen LogP contribution in [-0.2, 0) is 12.5 Å². The van der Waals surface area contributed by atoms with Gasteiger partial charge < -0.3 is 5.73 Å². The molecule has 1 aromatic carbocycles. The van der Waals surface area contributed by atoms with Gasteiger partial charge in [-0.3, -0.25) is 0 Å². The van der Waals surface area contributed by atoms with Gasteiger partial charge in [0.25, 0.3) is 5.92 Å². The number of hydrogen-bond donors (Lipinski definition) is 1. The van der Waals surface area contributed by atoms with E-state index in [0.717, 1.165) is 5.56 Å². The monoisotopic (exact) mass is 213 g/mol. The molecule has 0 aliphatic rings. The smallest absolute Gasteiger partial charge is 0.277 e. The number of halogens is 2. The second-order valence-corrected chi connectivity index (χ2v) is 4.73. The Morgan fingerprint density at radius 1 is 1.20 bits per heavy atom. The topological polar surface area (TPSA) is 26.0 Å². The lowest BCUT2D eigenvalue weighted by atomic mass is 9.83. The van der Waals surface area contributed by atoms with Crippen LogP contribution in [0.25, 0.3) is 0 Å². The molecule has 0 radical (unpaired) electrons. The minimum atomic E-state index is -2.84. The summed E-state index contributed by atoms with van der Waals surface area (Å²) in [6.45, 7) is 4.88. The summed E-state index contributed by atoms with van der Waals surface area (Å²) in [6.07, 6.45) is 0. The SMILES string of the molecule is CC(C)(C)C(F)(F)c1cccc(CN)c1. The van der Waals surface area contributed by atoms with Gasteiger partial charge in [0, 0.05) is 17.5 Å². The summed E-state index contributed by atoms with van der Waals surface area (Å²) in [5, 5.41) is 0. The summed E-state index contributed by atoms with van der Waals surface area (Å²) >= 11 is 0. The van der Waals surface area contributed by atoms with E-state index in [1.807, 2.05) is 0 Å². The summed E-state index contributed by atoms with van der Waals surface area (Å²) in [4.78, 5) is 0. The van der Waals surface area contributed by atoms with Crippen molar-refractivity contribution in [2.75, 3.05) is 0 Å². The highest BCUT2D eigenvalue weighted by molar-refractivity contribution is 5.28. The molecule has 2 N–H and O–H groups in total. The Bertz CT molecular complexity index is 340. The Hall–Kier alpha value is -0.960. The Kier molecular flexibility index (Phi) is 3.14. The van der Waals surface area contributed by atoms with Crippen molar-refractivity contribution >= 4 is 0 Å². The van der Waals surface area contributed by atoms with Crippen LogP contribution in [0.15, 0.2) is 24.3 Å². The zero-order chi connectivity index (χ0) is 11.7. The molecule has 1 rings (SSSR count). The fourth-order valence-electron chi connectivity index (χ4n) is 1.33. The van der Waals surface area contributed by atoms with Gasteiger partial charge in [0.15, 0.2) is 0 Å². The van der Waals surface area contributed by atoms with E-state index in [-0.39, 0.29) is 12.1 Å². The number of rotatable bonds is 2. The van der Waals surface area contributed by atoms with Gasteiger partial charge in [-0.25, -0.2) is 8.78 Å². The molecule has 0 unspecified atom stereocenters. The fraction of sp³-hybridized carbons (Fsp3) is 0.500. The van der Waals surface area contributed by atoms with Crippen molar-refractivity contribution in [2.45, 2.75) is 33.2 Å². The number of alkyl halides is 2. The lowest BCUT2D eigenvalue weighted by Crippen LogP contribution is -2.31. The van der Waals surface area contributed by atoms with E-state index in [2.05, 4.69) is 0 Å². The van der Waals surface area contributed by atoms with Gasteiger partial charge in [0.2, 0.25) is 0 Å². The summed E-state index contributed by atoms with van der Waals surface area (Å²) < 4.78 is 27.9. The molecule has 0 spiro atoms. The molecule has 1 nitrogen and oxygen atoms in total. The van der Waals surface area contributed by atoms with Crippen LogP contribution in [0.3, 0.4) is 0 Å². The second kappa shape index (κ2) is 3.89. The van der Waals surface area contributed by atoms with Crippen molar-refractivity contribution in [3.63, 3.8) is 0 Å². The fourth-order valence-corrected chi connectivity index (χ4v) is 1.33. The third-order valence-corrected chi connectivity index (χ3v) is 2.47. The zero-order valence-electron chi connectivity index (χ0n) is 9.35. The lowest BCUT2D eigenvalue weighted by molar-refractivity contribution is -0.104. The lowest BCUT2D eigenvalue weighted by Gasteiger charge is -2.30. The normalized spacial score (nSPS) is 12.9. The van der Waals surface area contributed by atoms with Gasteiger partial charge in [-0.15, -0.1) is 0 Å². The molecule has 0 saturated carbocycles. The van der Waals surface area contributed by atoms with E-state index in [0.29, 0.717) is 0 Å². The van der Waals surface area contributed by atoms with Crippen molar-refractivity contribution in [3.8, 4) is 0 Å². The van der Waals surface area contributed by atoms with Crippen LogP contribution in [0.5, 0.6) is 0 Å². The standard InChI is InChI=1S/C12H17F2N/c1-11(2,3)12(13,14)10-6-4-5-9(7-10)8-15/h4-7H,8,15H2,1-3H3. The Morgan fingerprint density at radius 3 is 2.27 bits per heavy atom. The zero-order valence-corrected chi connectivity index (χ0v) is 9.35. The molecular weight excluding hydrogens is 196 g/mol. The first-order valence-electron chi connectivity index (χ1n) is 4.96. The quantitative estimate of drug-likeness (QED) is 0.801. The van der Waals surface area contributed by atoms with Crippen LogP contribution in [0.2, 0.25) is 0 Å². The molecule has 0 aromatic heterocycles. The second-order valence-electron chi connectivity index (χ2n) is 4.73. The third-order valence-electron chi connectivity index (χ3n) is 2.47. The summed E-state index contributed by atoms with van der Waals surface area (Å²) in [5.74, 6) is -2.84. The Balaban J connectivity index is 3.15. The first-order valence-corrected chi connectivity index (χ1v) is 4.96. The Labute approximate surface area is 89.3 Å². The molecule has 0 aliphatic heterocycles. The van der Waals surface area contributed by atoms with E-state index in [4.69, 9.17) is 5.73 Å². The third kappa shape index (κ3) is 2.34. The first-order chi connectivity index (χ1) is 6.79. The molecule has 15 heavy (non-hydrogen) atoms. The number of nitrogens with two attached hydrogens (primary N) is 1. The maximum absolute atomic E-state index is 13.9. The highest BCUT2D eigenvalue weighted by Gasteiger charge is 2.44. The average Bonchev–Trinajstić information content (AvgIpc) is 2.16. The van der Waals surface area contributed by atoms with E-state index in [1.54, 1.807) is 12.1 Å². The van der Waals surface area contributed by atoms with Gasteiger partial charge in [-0.1, -0.05) is 39.0 Å². The molecule has 0 aliphatic carbocycles. The van der Waals surface area contributed by atoms with Crippen molar-refractivity contribution in [1.82, 2.24) is 0 Å². The summed E-state index contributed by atoms with van der Waals surface area (Å²) in [5.41, 5.74) is 5.12. The summed E-state index contributed by atoms with van der Waals surface area (Å²) in [6, 6.07) is 6.30. The maximum atomic E-state index is 13.9. The van der Waals surface area contributed by atoms with E-state index in [9.17, 15) is 8.78 Å². The largest absolute Gasteiger partial charge is 0.326 e. The minimum absolute atomic E-state index is 0.0398. The van der Waals surface area contributed by atoms with Gasteiger partial charge in [-0.05, 0) is 11.6 Å². The average molecular weight is 213 g/mol.